The number of rotatable bonds is 5. The van der Waals surface area contributed by atoms with E-state index in [0.29, 0.717) is 13.0 Å². The van der Waals surface area contributed by atoms with Crippen LogP contribution in [0.1, 0.15) is 29.0 Å². The van der Waals surface area contributed by atoms with E-state index in [1.807, 2.05) is 18.2 Å². The Labute approximate surface area is 154 Å². The molecule has 3 rings (SSSR count). The highest BCUT2D eigenvalue weighted by atomic mass is 16.1. The molecule has 2 aromatic carbocycles. The Balaban J connectivity index is 1.51. The Morgan fingerprint density at radius 2 is 1.92 bits per heavy atom. The molecular weight excluding hydrogens is 324 g/mol. The Kier molecular flexibility index (Phi) is 5.89. The molecule has 5 heteroatoms. The van der Waals surface area contributed by atoms with Gasteiger partial charge < -0.3 is 16.0 Å². The van der Waals surface area contributed by atoms with Crippen LogP contribution in [0, 0.1) is 6.92 Å². The van der Waals surface area contributed by atoms with E-state index in [9.17, 15) is 4.79 Å². The third-order valence-corrected chi connectivity index (χ3v) is 4.67. The summed E-state index contributed by atoms with van der Waals surface area (Å²) in [6, 6.07) is 16.6. The lowest BCUT2D eigenvalue weighted by Crippen LogP contribution is -2.41. The number of carbonyl (C=O) groups is 1. The summed E-state index contributed by atoms with van der Waals surface area (Å²) in [6.45, 7) is 3.58. The summed E-state index contributed by atoms with van der Waals surface area (Å²) in [5.41, 5.74) is 4.67. The third-order valence-electron chi connectivity index (χ3n) is 4.67. The minimum Gasteiger partial charge on any atom is -0.356 e. The van der Waals surface area contributed by atoms with Crippen molar-refractivity contribution in [1.29, 1.82) is 0 Å². The normalized spacial score (nSPS) is 16.6. The minimum atomic E-state index is 0.0674. The van der Waals surface area contributed by atoms with Gasteiger partial charge in [-0.2, -0.15) is 0 Å². The van der Waals surface area contributed by atoms with Crippen LogP contribution in [0.15, 0.2) is 53.5 Å². The molecule has 0 bridgehead atoms. The molecular formula is C21H26N4O. The number of nitrogens with one attached hydrogen (secondary N) is 3. The van der Waals surface area contributed by atoms with Crippen LogP contribution in [0.2, 0.25) is 0 Å². The maximum Gasteiger partial charge on any atom is 0.225 e. The number of guanidine groups is 1. The second-order valence-corrected chi connectivity index (χ2v) is 6.65. The monoisotopic (exact) mass is 350 g/mol. The predicted molar refractivity (Wildman–Crippen MR) is 107 cm³/mol. The van der Waals surface area contributed by atoms with Crippen molar-refractivity contribution in [1.82, 2.24) is 10.6 Å². The summed E-state index contributed by atoms with van der Waals surface area (Å²) < 4.78 is 0. The number of fused-ring (bicyclic) bond motifs is 1. The molecule has 0 fully saturated rings. The van der Waals surface area contributed by atoms with Crippen molar-refractivity contribution >= 4 is 17.6 Å². The number of amides is 1. The van der Waals surface area contributed by atoms with Gasteiger partial charge in [0.2, 0.25) is 5.91 Å². The Morgan fingerprint density at radius 3 is 2.69 bits per heavy atom. The summed E-state index contributed by atoms with van der Waals surface area (Å²) in [5, 5.41) is 9.64. The maximum absolute atomic E-state index is 11.9. The Morgan fingerprint density at radius 1 is 1.15 bits per heavy atom. The van der Waals surface area contributed by atoms with Crippen LogP contribution >= 0.6 is 0 Å². The highest BCUT2D eigenvalue weighted by molar-refractivity contribution is 5.94. The van der Waals surface area contributed by atoms with Gasteiger partial charge in [0.15, 0.2) is 5.96 Å². The zero-order valence-electron chi connectivity index (χ0n) is 15.4. The second kappa shape index (κ2) is 8.52. The van der Waals surface area contributed by atoms with Gasteiger partial charge >= 0.3 is 0 Å². The van der Waals surface area contributed by atoms with Gasteiger partial charge in [-0.1, -0.05) is 48.0 Å². The van der Waals surface area contributed by atoms with Gasteiger partial charge in [0.05, 0.1) is 0 Å². The summed E-state index contributed by atoms with van der Waals surface area (Å²) in [6.07, 6.45) is 1.43. The van der Waals surface area contributed by atoms with Crippen LogP contribution in [0.3, 0.4) is 0 Å². The highest BCUT2D eigenvalue weighted by Crippen LogP contribution is 2.31. The SMILES string of the molecule is CN=C(NCCc1ccc(C)cc1)NCC1CC(=O)Nc2ccccc21. The van der Waals surface area contributed by atoms with Crippen molar-refractivity contribution in [2.24, 2.45) is 4.99 Å². The smallest absolute Gasteiger partial charge is 0.225 e. The Hall–Kier alpha value is -2.82. The fraction of sp³-hybridized carbons (Fsp3) is 0.333. The van der Waals surface area contributed by atoms with Crippen molar-refractivity contribution in [3.63, 3.8) is 0 Å². The molecule has 1 unspecified atom stereocenters. The molecule has 1 aliphatic rings. The highest BCUT2D eigenvalue weighted by Gasteiger charge is 2.24. The first kappa shape index (κ1) is 18.0. The van der Waals surface area contributed by atoms with Gasteiger partial charge in [-0.05, 0) is 30.5 Å². The zero-order chi connectivity index (χ0) is 18.4. The molecule has 0 aromatic heterocycles. The van der Waals surface area contributed by atoms with Crippen molar-refractivity contribution in [3.8, 4) is 0 Å². The van der Waals surface area contributed by atoms with Crippen LogP contribution in [0.25, 0.3) is 0 Å². The number of aliphatic imine (C=N–C) groups is 1. The van der Waals surface area contributed by atoms with Crippen LogP contribution < -0.4 is 16.0 Å². The summed E-state index contributed by atoms with van der Waals surface area (Å²) in [5.74, 6) is 0.981. The number of hydrogen-bond acceptors (Lipinski definition) is 2. The molecule has 1 aliphatic heterocycles. The van der Waals surface area contributed by atoms with E-state index < -0.39 is 0 Å². The number of benzene rings is 2. The number of nitrogens with zero attached hydrogens (tertiary/aromatic N) is 1. The van der Waals surface area contributed by atoms with Crippen LogP contribution in [0.4, 0.5) is 5.69 Å². The van der Waals surface area contributed by atoms with E-state index in [-0.39, 0.29) is 11.8 Å². The Bertz CT molecular complexity index is 783. The van der Waals surface area contributed by atoms with Crippen LogP contribution in [-0.4, -0.2) is 32.0 Å². The van der Waals surface area contributed by atoms with Crippen molar-refractivity contribution in [2.75, 3.05) is 25.5 Å². The standard InChI is InChI=1S/C21H26N4O/c1-15-7-9-16(10-8-15)11-12-23-21(22-2)24-14-17-13-20(26)25-19-6-4-3-5-18(17)19/h3-10,17H,11-14H2,1-2H3,(H,25,26)(H2,22,23,24). The van der Waals surface area contributed by atoms with E-state index in [4.69, 9.17) is 0 Å². The first-order chi connectivity index (χ1) is 12.7. The number of anilines is 1. The first-order valence-electron chi connectivity index (χ1n) is 9.04. The van der Waals surface area contributed by atoms with Gasteiger partial charge in [0.25, 0.3) is 0 Å². The lowest BCUT2D eigenvalue weighted by atomic mass is 9.90. The first-order valence-corrected chi connectivity index (χ1v) is 9.04. The van der Waals surface area contributed by atoms with E-state index in [2.05, 4.69) is 58.2 Å². The summed E-state index contributed by atoms with van der Waals surface area (Å²) in [7, 11) is 1.77. The topological polar surface area (TPSA) is 65.5 Å². The molecule has 1 amide bonds. The molecule has 26 heavy (non-hydrogen) atoms. The maximum atomic E-state index is 11.9. The predicted octanol–water partition coefficient (Wildman–Crippen LogP) is 2.83. The van der Waals surface area contributed by atoms with Crippen molar-refractivity contribution in [2.45, 2.75) is 25.7 Å². The number of para-hydroxylation sites is 1. The molecule has 0 radical (unpaired) electrons. The minimum absolute atomic E-state index is 0.0674. The summed E-state index contributed by atoms with van der Waals surface area (Å²) in [4.78, 5) is 16.2. The number of aryl methyl sites for hydroxylation is 1. The third kappa shape index (κ3) is 4.63. The average Bonchev–Trinajstić information content (AvgIpc) is 2.65. The fourth-order valence-electron chi connectivity index (χ4n) is 3.20. The van der Waals surface area contributed by atoms with Crippen molar-refractivity contribution < 1.29 is 4.79 Å². The number of hydrogen-bond donors (Lipinski definition) is 3. The van der Waals surface area contributed by atoms with Crippen LogP contribution in [-0.2, 0) is 11.2 Å². The number of carbonyl (C=O) groups excluding carboxylic acids is 1. The molecule has 0 spiro atoms. The fourth-order valence-corrected chi connectivity index (χ4v) is 3.20. The van der Waals surface area contributed by atoms with E-state index in [1.165, 1.54) is 16.7 Å². The zero-order valence-corrected chi connectivity index (χ0v) is 15.4. The van der Waals surface area contributed by atoms with Gasteiger partial charge in [-0.3, -0.25) is 9.79 Å². The van der Waals surface area contributed by atoms with Crippen molar-refractivity contribution in [3.05, 3.63) is 65.2 Å². The lowest BCUT2D eigenvalue weighted by Gasteiger charge is -2.26. The molecule has 136 valence electrons. The van der Waals surface area contributed by atoms with E-state index >= 15 is 0 Å². The molecule has 5 nitrogen and oxygen atoms in total. The second-order valence-electron chi connectivity index (χ2n) is 6.65. The van der Waals surface area contributed by atoms with Gasteiger partial charge in [0, 0.05) is 38.2 Å². The largest absolute Gasteiger partial charge is 0.356 e. The molecule has 1 heterocycles. The molecule has 1 atom stereocenters. The molecule has 0 aliphatic carbocycles. The molecule has 3 N–H and O–H groups in total. The van der Waals surface area contributed by atoms with Crippen LogP contribution in [0.5, 0.6) is 0 Å². The summed E-state index contributed by atoms with van der Waals surface area (Å²) >= 11 is 0. The van der Waals surface area contributed by atoms with Gasteiger partial charge in [0.1, 0.15) is 0 Å². The van der Waals surface area contributed by atoms with Gasteiger partial charge in [-0.25, -0.2) is 0 Å². The molecule has 0 saturated carbocycles. The average molecular weight is 350 g/mol. The molecule has 0 saturated heterocycles. The van der Waals surface area contributed by atoms with E-state index in [1.54, 1.807) is 7.05 Å². The van der Waals surface area contributed by atoms with E-state index in [0.717, 1.165) is 24.6 Å². The molecule has 2 aromatic rings. The van der Waals surface area contributed by atoms with Gasteiger partial charge in [-0.15, -0.1) is 0 Å². The lowest BCUT2D eigenvalue weighted by molar-refractivity contribution is -0.116. The quantitative estimate of drug-likeness (QED) is 0.574.